The molecule has 0 aliphatic rings. The van der Waals surface area contributed by atoms with E-state index < -0.39 is 10.0 Å². The van der Waals surface area contributed by atoms with Crippen LogP contribution in [0.25, 0.3) is 0 Å². The van der Waals surface area contributed by atoms with E-state index in [4.69, 9.17) is 10.6 Å². The number of methoxy groups -OCH3 is 1. The molecule has 8 nitrogen and oxygen atoms in total. The minimum Gasteiger partial charge on any atom is -0.383 e. The second kappa shape index (κ2) is 8.23. The van der Waals surface area contributed by atoms with Crippen LogP contribution in [-0.4, -0.2) is 49.0 Å². The van der Waals surface area contributed by atoms with Gasteiger partial charge in [0.25, 0.3) is 0 Å². The molecule has 0 unspecified atom stereocenters. The fraction of sp³-hybridized carbons (Fsp3) is 0.667. The van der Waals surface area contributed by atoms with Gasteiger partial charge in [-0.05, 0) is 12.8 Å². The minimum absolute atomic E-state index is 0.0458. The van der Waals surface area contributed by atoms with E-state index in [1.165, 1.54) is 16.7 Å². The van der Waals surface area contributed by atoms with Crippen LogP contribution in [0, 0.1) is 0 Å². The molecule has 0 saturated carbocycles. The molecular weight excluding hydrogens is 294 g/mol. The first-order valence-electron chi connectivity index (χ1n) is 6.80. The van der Waals surface area contributed by atoms with Gasteiger partial charge in [0.2, 0.25) is 16.0 Å². The smallest absolute Gasteiger partial charge is 0.246 e. The fourth-order valence-electron chi connectivity index (χ4n) is 2.04. The summed E-state index contributed by atoms with van der Waals surface area (Å²) < 4.78 is 31.9. The van der Waals surface area contributed by atoms with Gasteiger partial charge >= 0.3 is 0 Å². The third-order valence-electron chi connectivity index (χ3n) is 3.23. The Kier molecular flexibility index (Phi) is 6.96. The van der Waals surface area contributed by atoms with E-state index in [-0.39, 0.29) is 16.9 Å². The van der Waals surface area contributed by atoms with Crippen molar-refractivity contribution in [2.75, 3.05) is 25.7 Å². The molecule has 0 spiro atoms. The number of hydrazine groups is 1. The van der Waals surface area contributed by atoms with Crippen LogP contribution >= 0.6 is 0 Å². The van der Waals surface area contributed by atoms with Gasteiger partial charge in [-0.3, -0.25) is 5.43 Å². The van der Waals surface area contributed by atoms with E-state index >= 15 is 0 Å². The lowest BCUT2D eigenvalue weighted by atomic mass is 10.2. The maximum atomic E-state index is 12.7. The van der Waals surface area contributed by atoms with Gasteiger partial charge in [-0.2, -0.15) is 4.31 Å². The van der Waals surface area contributed by atoms with Crippen LogP contribution in [0.1, 0.15) is 26.7 Å². The molecule has 0 radical (unpaired) electrons. The Hall–Kier alpha value is -1.29. The third-order valence-corrected chi connectivity index (χ3v) is 5.13. The van der Waals surface area contributed by atoms with Gasteiger partial charge in [0.05, 0.1) is 19.0 Å². The zero-order valence-corrected chi connectivity index (χ0v) is 13.4. The van der Waals surface area contributed by atoms with Crippen molar-refractivity contribution in [3.05, 3.63) is 12.4 Å². The normalized spacial score (nSPS) is 12.1. The first kappa shape index (κ1) is 17.8. The third kappa shape index (κ3) is 4.34. The van der Waals surface area contributed by atoms with E-state index in [1.807, 2.05) is 13.8 Å². The molecule has 1 aromatic heterocycles. The molecule has 1 aromatic rings. The molecule has 0 bridgehead atoms. The summed E-state index contributed by atoms with van der Waals surface area (Å²) >= 11 is 0. The van der Waals surface area contributed by atoms with Crippen molar-refractivity contribution in [3.63, 3.8) is 0 Å². The highest BCUT2D eigenvalue weighted by atomic mass is 32.2. The molecule has 0 atom stereocenters. The Morgan fingerprint density at radius 1 is 1.33 bits per heavy atom. The second-order valence-corrected chi connectivity index (χ2v) is 6.36. The number of nitrogen functional groups attached to an aromatic ring is 1. The molecule has 0 amide bonds. The molecular formula is C12H23N5O3S. The molecule has 120 valence electrons. The van der Waals surface area contributed by atoms with Crippen molar-refractivity contribution >= 4 is 16.0 Å². The summed E-state index contributed by atoms with van der Waals surface area (Å²) in [7, 11) is -2.12. The Labute approximate surface area is 125 Å². The molecule has 0 aromatic carbocycles. The van der Waals surface area contributed by atoms with Crippen molar-refractivity contribution in [2.24, 2.45) is 5.84 Å². The Morgan fingerprint density at radius 3 is 2.33 bits per heavy atom. The molecule has 21 heavy (non-hydrogen) atoms. The highest BCUT2D eigenvalue weighted by Gasteiger charge is 2.30. The lowest BCUT2D eigenvalue weighted by Crippen LogP contribution is -2.41. The van der Waals surface area contributed by atoms with Gasteiger partial charge in [-0.1, -0.05) is 13.8 Å². The average Bonchev–Trinajstić information content (AvgIpc) is 2.51. The number of hydrogen-bond donors (Lipinski definition) is 2. The van der Waals surface area contributed by atoms with Gasteiger partial charge in [-0.15, -0.1) is 0 Å². The number of hydrogen-bond acceptors (Lipinski definition) is 7. The minimum atomic E-state index is -3.66. The summed E-state index contributed by atoms with van der Waals surface area (Å²) in [6, 6.07) is -0.0857. The van der Waals surface area contributed by atoms with E-state index in [2.05, 4.69) is 15.4 Å². The second-order valence-electron chi connectivity index (χ2n) is 4.47. The topological polar surface area (TPSA) is 110 Å². The predicted molar refractivity (Wildman–Crippen MR) is 80.0 cm³/mol. The number of rotatable bonds is 9. The van der Waals surface area contributed by atoms with Crippen molar-refractivity contribution in [1.82, 2.24) is 14.3 Å². The number of anilines is 1. The van der Waals surface area contributed by atoms with E-state index in [0.29, 0.717) is 13.2 Å². The maximum absolute atomic E-state index is 12.7. The number of nitrogens with zero attached hydrogens (tertiary/aromatic N) is 3. The summed E-state index contributed by atoms with van der Waals surface area (Å²) in [5.41, 5.74) is 2.26. The number of ether oxygens (including phenoxy) is 1. The predicted octanol–water partition coefficient (Wildman–Crippen LogP) is 0.588. The van der Waals surface area contributed by atoms with E-state index in [1.54, 1.807) is 7.11 Å². The number of nitrogens with two attached hydrogens (primary N) is 1. The Bertz CT molecular complexity index is 516. The van der Waals surface area contributed by atoms with Crippen LogP contribution in [0.2, 0.25) is 0 Å². The summed E-state index contributed by atoms with van der Waals surface area (Å²) in [5.74, 6) is 5.34. The first-order chi connectivity index (χ1) is 10.0. The van der Waals surface area contributed by atoms with Crippen LogP contribution < -0.4 is 11.3 Å². The molecule has 1 heterocycles. The summed E-state index contributed by atoms with van der Waals surface area (Å²) in [5, 5.41) is 0. The van der Waals surface area contributed by atoms with Crippen molar-refractivity contribution < 1.29 is 13.2 Å². The van der Waals surface area contributed by atoms with Crippen molar-refractivity contribution in [2.45, 2.75) is 37.6 Å². The van der Waals surface area contributed by atoms with Crippen LogP contribution in [0.3, 0.4) is 0 Å². The fourth-order valence-corrected chi connectivity index (χ4v) is 3.68. The van der Waals surface area contributed by atoms with Gasteiger partial charge in [0, 0.05) is 19.7 Å². The zero-order chi connectivity index (χ0) is 15.9. The van der Waals surface area contributed by atoms with Crippen LogP contribution in [0.15, 0.2) is 17.3 Å². The molecule has 3 N–H and O–H groups in total. The maximum Gasteiger partial charge on any atom is 0.246 e. The van der Waals surface area contributed by atoms with E-state index in [9.17, 15) is 8.42 Å². The van der Waals surface area contributed by atoms with Crippen LogP contribution in [0.5, 0.6) is 0 Å². The monoisotopic (exact) mass is 317 g/mol. The molecule has 0 aliphatic carbocycles. The number of sulfonamides is 1. The standard InChI is InChI=1S/C12H23N5O3S/c1-4-10(5-2)17(6-7-20-3)21(18,19)11-8-14-12(16-13)15-9-11/h8-10H,4-7,13H2,1-3H3,(H,14,15,16). The number of nitrogens with one attached hydrogen (secondary N) is 1. The molecule has 1 rings (SSSR count). The van der Waals surface area contributed by atoms with Gasteiger partial charge in [0.1, 0.15) is 4.90 Å². The summed E-state index contributed by atoms with van der Waals surface area (Å²) in [4.78, 5) is 7.75. The Morgan fingerprint density at radius 2 is 1.90 bits per heavy atom. The molecule has 0 aliphatic heterocycles. The Balaban J connectivity index is 3.12. The first-order valence-corrected chi connectivity index (χ1v) is 8.24. The van der Waals surface area contributed by atoms with Crippen molar-refractivity contribution in [3.8, 4) is 0 Å². The van der Waals surface area contributed by atoms with Crippen molar-refractivity contribution in [1.29, 1.82) is 0 Å². The molecule has 0 fully saturated rings. The summed E-state index contributed by atoms with van der Waals surface area (Å²) in [6.45, 7) is 4.55. The lowest BCUT2D eigenvalue weighted by Gasteiger charge is -2.29. The number of aromatic nitrogens is 2. The molecule has 9 heteroatoms. The quantitative estimate of drug-likeness (QED) is 0.506. The SMILES string of the molecule is CCC(CC)N(CCOC)S(=O)(=O)c1cnc(NN)nc1. The van der Waals surface area contributed by atoms with Crippen LogP contribution in [0.4, 0.5) is 5.95 Å². The average molecular weight is 317 g/mol. The summed E-state index contributed by atoms with van der Waals surface area (Å²) in [6.07, 6.45) is 3.95. The van der Waals surface area contributed by atoms with Gasteiger partial charge in [-0.25, -0.2) is 24.2 Å². The highest BCUT2D eigenvalue weighted by Crippen LogP contribution is 2.20. The van der Waals surface area contributed by atoms with Gasteiger partial charge in [0.15, 0.2) is 0 Å². The van der Waals surface area contributed by atoms with E-state index in [0.717, 1.165) is 12.8 Å². The molecule has 0 saturated heterocycles. The van der Waals surface area contributed by atoms with Crippen LogP contribution in [-0.2, 0) is 14.8 Å². The van der Waals surface area contributed by atoms with Gasteiger partial charge < -0.3 is 4.74 Å². The lowest BCUT2D eigenvalue weighted by molar-refractivity contribution is 0.163. The largest absolute Gasteiger partial charge is 0.383 e. The zero-order valence-electron chi connectivity index (χ0n) is 12.6. The highest BCUT2D eigenvalue weighted by molar-refractivity contribution is 7.89.